The first-order valence-corrected chi connectivity index (χ1v) is 4.82. The molecule has 1 aromatic rings. The molecule has 1 heterocycles. The maximum atomic E-state index is 11.2. The first-order valence-electron chi connectivity index (χ1n) is 4.04. The third kappa shape index (κ3) is 3.95. The number of hydrogen-bond donors (Lipinski definition) is 2. The predicted octanol–water partition coefficient (Wildman–Crippen LogP) is 0.476. The first kappa shape index (κ1) is 10.1. The van der Waals surface area contributed by atoms with E-state index in [4.69, 9.17) is 0 Å². The molecule has 0 saturated carbocycles. The van der Waals surface area contributed by atoms with Gasteiger partial charge in [-0.25, -0.2) is 0 Å². The minimum Gasteiger partial charge on any atom is -0.320 e. The van der Waals surface area contributed by atoms with Gasteiger partial charge in [0, 0.05) is 18.0 Å². The zero-order valence-electron chi connectivity index (χ0n) is 7.41. The number of rotatable bonds is 5. The third-order valence-corrected chi connectivity index (χ3v) is 2.03. The summed E-state index contributed by atoms with van der Waals surface area (Å²) in [5.74, 6) is 0.0151. The second-order valence-electron chi connectivity index (χ2n) is 2.54. The van der Waals surface area contributed by atoms with Crippen LogP contribution in [0.1, 0.15) is 12.8 Å². The maximum absolute atomic E-state index is 11.2. The van der Waals surface area contributed by atoms with E-state index in [0.29, 0.717) is 11.4 Å². The molecule has 1 aromatic heterocycles. The van der Waals surface area contributed by atoms with Crippen LogP contribution in [0.5, 0.6) is 0 Å². The van der Waals surface area contributed by atoms with E-state index in [9.17, 15) is 4.79 Å². The summed E-state index contributed by atoms with van der Waals surface area (Å²) < 4.78 is 3.64. The largest absolute Gasteiger partial charge is 0.320 e. The van der Waals surface area contributed by atoms with Crippen molar-refractivity contribution in [1.82, 2.24) is 14.9 Å². The standard InChI is InChI=1S/C7H12N4OS/c1-8-4-2-3-6(12)10-7-5-9-11-13-7/h5,8H,2-4H2,1H3,(H,10,12). The fraction of sp³-hybridized carbons (Fsp3) is 0.571. The molecule has 0 aliphatic rings. The number of nitrogens with one attached hydrogen (secondary N) is 2. The lowest BCUT2D eigenvalue weighted by molar-refractivity contribution is -0.116. The Balaban J connectivity index is 2.18. The van der Waals surface area contributed by atoms with Crippen molar-refractivity contribution >= 4 is 22.4 Å². The van der Waals surface area contributed by atoms with E-state index in [-0.39, 0.29) is 5.91 Å². The van der Waals surface area contributed by atoms with Gasteiger partial charge in [-0.1, -0.05) is 4.49 Å². The summed E-state index contributed by atoms with van der Waals surface area (Å²) in [6, 6.07) is 0. The van der Waals surface area contributed by atoms with Gasteiger partial charge in [0.15, 0.2) is 0 Å². The first-order chi connectivity index (χ1) is 6.33. The molecule has 1 rings (SSSR count). The van der Waals surface area contributed by atoms with Crippen molar-refractivity contribution < 1.29 is 4.79 Å². The molecular weight excluding hydrogens is 188 g/mol. The fourth-order valence-electron chi connectivity index (χ4n) is 0.848. The topological polar surface area (TPSA) is 66.9 Å². The summed E-state index contributed by atoms with van der Waals surface area (Å²) in [5.41, 5.74) is 0. The smallest absolute Gasteiger partial charge is 0.225 e. The summed E-state index contributed by atoms with van der Waals surface area (Å²) in [5, 5.41) is 10.0. The average Bonchev–Trinajstić information content (AvgIpc) is 2.57. The molecule has 0 fully saturated rings. The number of carbonyl (C=O) groups excluding carboxylic acids is 1. The molecular formula is C7H12N4OS. The van der Waals surface area contributed by atoms with E-state index in [1.54, 1.807) is 6.20 Å². The number of hydrogen-bond acceptors (Lipinski definition) is 5. The Kier molecular flexibility index (Phi) is 4.34. The monoisotopic (exact) mass is 200 g/mol. The van der Waals surface area contributed by atoms with Crippen molar-refractivity contribution in [2.75, 3.05) is 18.9 Å². The van der Waals surface area contributed by atoms with E-state index in [1.165, 1.54) is 11.5 Å². The minimum absolute atomic E-state index is 0.0151. The van der Waals surface area contributed by atoms with Crippen LogP contribution in [-0.4, -0.2) is 29.1 Å². The van der Waals surface area contributed by atoms with E-state index < -0.39 is 0 Å². The van der Waals surface area contributed by atoms with E-state index in [0.717, 1.165) is 13.0 Å². The van der Waals surface area contributed by atoms with Gasteiger partial charge in [0.2, 0.25) is 5.91 Å². The Morgan fingerprint density at radius 2 is 2.54 bits per heavy atom. The van der Waals surface area contributed by atoms with Crippen LogP contribution < -0.4 is 10.6 Å². The Morgan fingerprint density at radius 3 is 3.15 bits per heavy atom. The molecule has 0 atom stereocenters. The molecule has 72 valence electrons. The highest BCUT2D eigenvalue weighted by molar-refractivity contribution is 7.10. The van der Waals surface area contributed by atoms with Gasteiger partial charge in [0.05, 0.1) is 6.20 Å². The molecule has 2 N–H and O–H groups in total. The van der Waals surface area contributed by atoms with Crippen LogP contribution in [0.15, 0.2) is 6.20 Å². The van der Waals surface area contributed by atoms with Gasteiger partial charge in [-0.3, -0.25) is 4.79 Å². The normalized spacial score (nSPS) is 9.92. The zero-order valence-corrected chi connectivity index (χ0v) is 8.23. The molecule has 6 heteroatoms. The molecule has 5 nitrogen and oxygen atoms in total. The van der Waals surface area contributed by atoms with E-state index in [2.05, 4.69) is 20.2 Å². The molecule has 0 aromatic carbocycles. The van der Waals surface area contributed by atoms with Gasteiger partial charge in [0.1, 0.15) is 5.00 Å². The van der Waals surface area contributed by atoms with Gasteiger partial charge in [-0.05, 0) is 20.0 Å². The summed E-state index contributed by atoms with van der Waals surface area (Å²) in [7, 11) is 1.87. The maximum Gasteiger partial charge on any atom is 0.225 e. The highest BCUT2D eigenvalue weighted by Gasteiger charge is 2.02. The van der Waals surface area contributed by atoms with Crippen molar-refractivity contribution in [2.24, 2.45) is 0 Å². The fourth-order valence-corrected chi connectivity index (χ4v) is 1.28. The number of carbonyl (C=O) groups is 1. The summed E-state index contributed by atoms with van der Waals surface area (Å²) in [6.07, 6.45) is 2.91. The van der Waals surface area contributed by atoms with Gasteiger partial charge in [-0.2, -0.15) is 0 Å². The molecule has 0 saturated heterocycles. The lowest BCUT2D eigenvalue weighted by atomic mass is 10.3. The highest BCUT2D eigenvalue weighted by atomic mass is 32.1. The van der Waals surface area contributed by atoms with Crippen LogP contribution in [-0.2, 0) is 4.79 Å². The van der Waals surface area contributed by atoms with Crippen molar-refractivity contribution in [2.45, 2.75) is 12.8 Å². The van der Waals surface area contributed by atoms with Crippen LogP contribution >= 0.6 is 11.5 Å². The molecule has 1 amide bonds. The minimum atomic E-state index is 0.0151. The Labute approximate surface area is 80.7 Å². The molecule has 0 radical (unpaired) electrons. The molecule has 13 heavy (non-hydrogen) atoms. The van der Waals surface area contributed by atoms with Crippen LogP contribution in [0, 0.1) is 0 Å². The zero-order chi connectivity index (χ0) is 9.52. The second kappa shape index (κ2) is 5.60. The quantitative estimate of drug-likeness (QED) is 0.678. The molecule has 0 aliphatic carbocycles. The third-order valence-electron chi connectivity index (χ3n) is 1.45. The lowest BCUT2D eigenvalue weighted by Gasteiger charge is -2.00. The highest BCUT2D eigenvalue weighted by Crippen LogP contribution is 2.09. The molecule has 0 aliphatic heterocycles. The number of amides is 1. The van der Waals surface area contributed by atoms with Crippen LogP contribution in [0.2, 0.25) is 0 Å². The SMILES string of the molecule is CNCCCC(=O)Nc1cnns1. The van der Waals surface area contributed by atoms with Gasteiger partial charge in [0.25, 0.3) is 0 Å². The van der Waals surface area contributed by atoms with Crippen LogP contribution in [0.4, 0.5) is 5.00 Å². The Bertz CT molecular complexity index is 249. The van der Waals surface area contributed by atoms with Gasteiger partial charge < -0.3 is 10.6 Å². The number of anilines is 1. The summed E-state index contributed by atoms with van der Waals surface area (Å²) in [6.45, 7) is 0.856. The number of aromatic nitrogens is 2. The Morgan fingerprint density at radius 1 is 1.69 bits per heavy atom. The van der Waals surface area contributed by atoms with E-state index >= 15 is 0 Å². The second-order valence-corrected chi connectivity index (χ2v) is 3.32. The summed E-state index contributed by atoms with van der Waals surface area (Å²) in [4.78, 5) is 11.2. The predicted molar refractivity (Wildman–Crippen MR) is 51.7 cm³/mol. The average molecular weight is 200 g/mol. The summed E-state index contributed by atoms with van der Waals surface area (Å²) >= 11 is 1.18. The van der Waals surface area contributed by atoms with E-state index in [1.807, 2.05) is 7.05 Å². The van der Waals surface area contributed by atoms with Crippen LogP contribution in [0.3, 0.4) is 0 Å². The van der Waals surface area contributed by atoms with Gasteiger partial charge in [-0.15, -0.1) is 5.10 Å². The molecule has 0 spiro atoms. The van der Waals surface area contributed by atoms with Crippen molar-refractivity contribution in [3.63, 3.8) is 0 Å². The Hall–Kier alpha value is -1.01. The number of nitrogens with zero attached hydrogens (tertiary/aromatic N) is 2. The van der Waals surface area contributed by atoms with Crippen molar-refractivity contribution in [3.8, 4) is 0 Å². The van der Waals surface area contributed by atoms with Crippen molar-refractivity contribution in [3.05, 3.63) is 6.20 Å². The van der Waals surface area contributed by atoms with Crippen LogP contribution in [0.25, 0.3) is 0 Å². The molecule has 0 unspecified atom stereocenters. The van der Waals surface area contributed by atoms with Gasteiger partial charge >= 0.3 is 0 Å². The van der Waals surface area contributed by atoms with Crippen molar-refractivity contribution in [1.29, 1.82) is 0 Å². The lowest BCUT2D eigenvalue weighted by Crippen LogP contribution is -2.14. The molecule has 0 bridgehead atoms.